The van der Waals surface area contributed by atoms with Crippen molar-refractivity contribution in [2.75, 3.05) is 6.54 Å². The van der Waals surface area contributed by atoms with E-state index >= 15 is 0 Å². The van der Waals surface area contributed by atoms with E-state index in [9.17, 15) is 4.79 Å². The van der Waals surface area contributed by atoms with Crippen molar-refractivity contribution in [3.63, 3.8) is 0 Å². The number of carbonyl (C=O) groups is 1. The first-order chi connectivity index (χ1) is 11.2. The number of nitrogens with two attached hydrogens (primary N) is 1. The molecule has 0 bridgehead atoms. The second-order valence-corrected chi connectivity index (χ2v) is 5.81. The molecule has 118 valence electrons. The van der Waals surface area contributed by atoms with E-state index in [1.54, 1.807) is 0 Å². The molecule has 7 heteroatoms. The van der Waals surface area contributed by atoms with Crippen LogP contribution in [0.15, 0.2) is 35.0 Å². The Morgan fingerprint density at radius 1 is 1.43 bits per heavy atom. The van der Waals surface area contributed by atoms with Crippen LogP contribution >= 0.6 is 0 Å². The SMILES string of the molecule is NC(=O)c1noc(C2CCCN2Cc2cccc3cc[nH]c23)n1. The maximum absolute atomic E-state index is 11.1. The first kappa shape index (κ1) is 14.0. The number of hydrogen-bond donors (Lipinski definition) is 2. The Labute approximate surface area is 132 Å². The van der Waals surface area contributed by atoms with Gasteiger partial charge in [0.15, 0.2) is 0 Å². The molecule has 1 amide bonds. The van der Waals surface area contributed by atoms with Crippen LogP contribution in [0.4, 0.5) is 0 Å². The normalized spacial score (nSPS) is 18.7. The van der Waals surface area contributed by atoms with Gasteiger partial charge in [-0.15, -0.1) is 0 Å². The second-order valence-electron chi connectivity index (χ2n) is 5.81. The fraction of sp³-hybridized carbons (Fsp3) is 0.312. The molecule has 0 saturated carbocycles. The minimum atomic E-state index is -0.666. The summed E-state index contributed by atoms with van der Waals surface area (Å²) in [4.78, 5) is 20.9. The van der Waals surface area contributed by atoms with Crippen molar-refractivity contribution in [3.8, 4) is 0 Å². The van der Waals surface area contributed by atoms with Gasteiger partial charge in [0, 0.05) is 18.3 Å². The van der Waals surface area contributed by atoms with E-state index in [0.717, 1.165) is 31.4 Å². The number of H-pyrrole nitrogens is 1. The molecule has 0 aliphatic carbocycles. The number of aromatic nitrogens is 3. The van der Waals surface area contributed by atoms with Gasteiger partial charge in [-0.2, -0.15) is 4.98 Å². The zero-order chi connectivity index (χ0) is 15.8. The molecule has 23 heavy (non-hydrogen) atoms. The van der Waals surface area contributed by atoms with Gasteiger partial charge in [0.2, 0.25) is 5.89 Å². The number of rotatable bonds is 4. The lowest BCUT2D eigenvalue weighted by Crippen LogP contribution is -2.23. The van der Waals surface area contributed by atoms with Gasteiger partial charge in [-0.25, -0.2) is 0 Å². The van der Waals surface area contributed by atoms with Crippen molar-refractivity contribution in [1.29, 1.82) is 0 Å². The third-order valence-corrected chi connectivity index (χ3v) is 4.36. The average Bonchev–Trinajstić information content (AvgIpc) is 3.27. The number of aromatic amines is 1. The molecule has 1 fully saturated rings. The summed E-state index contributed by atoms with van der Waals surface area (Å²) in [6, 6.07) is 8.37. The fourth-order valence-electron chi connectivity index (χ4n) is 3.27. The summed E-state index contributed by atoms with van der Waals surface area (Å²) in [7, 11) is 0. The van der Waals surface area contributed by atoms with E-state index in [1.807, 2.05) is 6.20 Å². The molecule has 1 aromatic carbocycles. The molecule has 7 nitrogen and oxygen atoms in total. The zero-order valence-electron chi connectivity index (χ0n) is 12.5. The maximum Gasteiger partial charge on any atom is 0.290 e. The van der Waals surface area contributed by atoms with Gasteiger partial charge >= 0.3 is 0 Å². The van der Waals surface area contributed by atoms with E-state index in [0.29, 0.717) is 5.89 Å². The summed E-state index contributed by atoms with van der Waals surface area (Å²) in [5.41, 5.74) is 7.58. The summed E-state index contributed by atoms with van der Waals surface area (Å²) in [6.45, 7) is 1.74. The molecule has 3 aromatic rings. The standard InChI is InChI=1S/C16H17N5O2/c17-14(22)15-19-16(23-20-15)12-5-2-8-21(12)9-11-4-1-3-10-6-7-18-13(10)11/h1,3-4,6-7,12,18H,2,5,8-9H2,(H2,17,22). The molecular weight excluding hydrogens is 294 g/mol. The highest BCUT2D eigenvalue weighted by Crippen LogP contribution is 2.33. The monoisotopic (exact) mass is 311 g/mol. The number of para-hydroxylation sites is 1. The van der Waals surface area contributed by atoms with Gasteiger partial charge in [-0.05, 0) is 36.4 Å². The molecule has 3 heterocycles. The van der Waals surface area contributed by atoms with Crippen LogP contribution in [0, 0.1) is 0 Å². The highest BCUT2D eigenvalue weighted by molar-refractivity contribution is 5.88. The quantitative estimate of drug-likeness (QED) is 0.767. The number of amides is 1. The molecule has 1 atom stereocenters. The van der Waals surface area contributed by atoms with E-state index in [-0.39, 0.29) is 11.9 Å². The van der Waals surface area contributed by atoms with Gasteiger partial charge in [0.1, 0.15) is 0 Å². The average molecular weight is 311 g/mol. The minimum Gasteiger partial charge on any atom is -0.363 e. The van der Waals surface area contributed by atoms with Crippen molar-refractivity contribution < 1.29 is 9.32 Å². The topological polar surface area (TPSA) is 101 Å². The molecule has 2 aromatic heterocycles. The number of benzene rings is 1. The Hall–Kier alpha value is -2.67. The van der Waals surface area contributed by atoms with Crippen LogP contribution in [0.2, 0.25) is 0 Å². The van der Waals surface area contributed by atoms with E-state index in [2.05, 4.69) is 44.3 Å². The number of nitrogens with zero attached hydrogens (tertiary/aromatic N) is 3. The van der Waals surface area contributed by atoms with Crippen LogP contribution in [0.25, 0.3) is 10.9 Å². The summed E-state index contributed by atoms with van der Waals surface area (Å²) in [5, 5.41) is 4.85. The second kappa shape index (κ2) is 5.51. The Morgan fingerprint density at radius 2 is 2.35 bits per heavy atom. The zero-order valence-corrected chi connectivity index (χ0v) is 12.5. The van der Waals surface area contributed by atoms with Crippen LogP contribution in [-0.4, -0.2) is 32.5 Å². The molecule has 1 saturated heterocycles. The molecular formula is C16H17N5O2. The van der Waals surface area contributed by atoms with Gasteiger partial charge in [0.25, 0.3) is 11.7 Å². The van der Waals surface area contributed by atoms with Crippen LogP contribution in [-0.2, 0) is 6.54 Å². The number of carbonyl (C=O) groups excluding carboxylic acids is 1. The Bertz CT molecular complexity index is 853. The van der Waals surface area contributed by atoms with Gasteiger partial charge in [-0.1, -0.05) is 23.4 Å². The smallest absolute Gasteiger partial charge is 0.290 e. The highest BCUT2D eigenvalue weighted by Gasteiger charge is 2.31. The number of hydrogen-bond acceptors (Lipinski definition) is 5. The highest BCUT2D eigenvalue weighted by atomic mass is 16.5. The predicted molar refractivity (Wildman–Crippen MR) is 83.5 cm³/mol. The van der Waals surface area contributed by atoms with Crippen molar-refractivity contribution in [2.45, 2.75) is 25.4 Å². The van der Waals surface area contributed by atoms with Gasteiger partial charge < -0.3 is 15.2 Å². The predicted octanol–water partition coefficient (Wildman–Crippen LogP) is 1.99. The first-order valence-electron chi connectivity index (χ1n) is 7.65. The van der Waals surface area contributed by atoms with Crippen LogP contribution < -0.4 is 5.73 Å². The third kappa shape index (κ3) is 2.49. The number of nitrogens with one attached hydrogen (secondary N) is 1. The Morgan fingerprint density at radius 3 is 3.17 bits per heavy atom. The number of likely N-dealkylation sites (tertiary alicyclic amines) is 1. The molecule has 1 unspecified atom stereocenters. The largest absolute Gasteiger partial charge is 0.363 e. The molecule has 4 rings (SSSR count). The summed E-state index contributed by atoms with van der Waals surface area (Å²) >= 11 is 0. The molecule has 0 spiro atoms. The van der Waals surface area contributed by atoms with Crippen molar-refractivity contribution in [3.05, 3.63) is 47.7 Å². The lowest BCUT2D eigenvalue weighted by atomic mass is 10.1. The number of primary amides is 1. The summed E-state index contributed by atoms with van der Waals surface area (Å²) < 4.78 is 5.24. The van der Waals surface area contributed by atoms with Crippen LogP contribution in [0.3, 0.4) is 0 Å². The van der Waals surface area contributed by atoms with Crippen molar-refractivity contribution in [2.24, 2.45) is 5.73 Å². The molecule has 1 aliphatic heterocycles. The Kier molecular flexibility index (Phi) is 3.34. The Balaban J connectivity index is 1.60. The van der Waals surface area contributed by atoms with E-state index in [1.165, 1.54) is 10.9 Å². The molecule has 1 aliphatic rings. The van der Waals surface area contributed by atoms with Crippen LogP contribution in [0.1, 0.15) is 41.0 Å². The number of fused-ring (bicyclic) bond motifs is 1. The summed E-state index contributed by atoms with van der Waals surface area (Å²) in [5.74, 6) is -0.256. The maximum atomic E-state index is 11.1. The van der Waals surface area contributed by atoms with Crippen molar-refractivity contribution in [1.82, 2.24) is 20.0 Å². The van der Waals surface area contributed by atoms with E-state index in [4.69, 9.17) is 10.3 Å². The lowest BCUT2D eigenvalue weighted by Gasteiger charge is -2.21. The van der Waals surface area contributed by atoms with Crippen molar-refractivity contribution >= 4 is 16.8 Å². The lowest BCUT2D eigenvalue weighted by molar-refractivity contribution is 0.0987. The molecule has 3 N–H and O–H groups in total. The minimum absolute atomic E-state index is 0.0285. The third-order valence-electron chi connectivity index (χ3n) is 4.36. The molecule has 0 radical (unpaired) electrons. The fourth-order valence-corrected chi connectivity index (χ4v) is 3.27. The van der Waals surface area contributed by atoms with Crippen LogP contribution in [0.5, 0.6) is 0 Å². The van der Waals surface area contributed by atoms with Gasteiger partial charge in [-0.3, -0.25) is 9.69 Å². The van der Waals surface area contributed by atoms with Gasteiger partial charge in [0.05, 0.1) is 6.04 Å². The first-order valence-corrected chi connectivity index (χ1v) is 7.65. The summed E-state index contributed by atoms with van der Waals surface area (Å²) in [6.07, 6.45) is 3.94. The van der Waals surface area contributed by atoms with E-state index < -0.39 is 5.91 Å².